The van der Waals surface area contributed by atoms with Gasteiger partial charge in [-0.05, 0) is 30.9 Å². The Balaban J connectivity index is 0.00000144. The number of carbonyl (C=O) groups is 1. The Morgan fingerprint density at radius 2 is 2.04 bits per heavy atom. The molecule has 1 atom stereocenters. The highest BCUT2D eigenvalue weighted by Gasteiger charge is 2.27. The molecule has 0 aromatic carbocycles. The first-order valence-electron chi connectivity index (χ1n) is 7.25. The fraction of sp³-hybridized carbons (Fsp3) is 0.400. The highest BCUT2D eigenvalue weighted by Crippen LogP contribution is 2.24. The van der Waals surface area contributed by atoms with Crippen LogP contribution >= 0.6 is 36.2 Å². The molecule has 1 aliphatic rings. The molecule has 132 valence electrons. The molecule has 1 amide bonds. The van der Waals surface area contributed by atoms with E-state index in [4.69, 9.17) is 10.5 Å². The first-order valence-corrected chi connectivity index (χ1v) is 8.13. The van der Waals surface area contributed by atoms with E-state index in [1.54, 1.807) is 6.20 Å². The number of aromatic nitrogens is 2. The quantitative estimate of drug-likeness (QED) is 0.837. The average molecular weight is 391 g/mol. The van der Waals surface area contributed by atoms with Gasteiger partial charge in [-0.1, -0.05) is 6.07 Å². The predicted molar refractivity (Wildman–Crippen MR) is 100.0 cm³/mol. The van der Waals surface area contributed by atoms with E-state index in [-0.39, 0.29) is 36.6 Å². The number of nitrogens with two attached hydrogens (primary N) is 1. The van der Waals surface area contributed by atoms with Gasteiger partial charge in [-0.2, -0.15) is 0 Å². The molecule has 0 saturated carbocycles. The van der Waals surface area contributed by atoms with E-state index in [1.807, 2.05) is 23.6 Å². The second-order valence-electron chi connectivity index (χ2n) is 5.22. The molecule has 1 saturated heterocycles. The highest BCUT2D eigenvalue weighted by atomic mass is 35.5. The number of ether oxygens (including phenoxy) is 1. The van der Waals surface area contributed by atoms with Crippen LogP contribution in [0, 0.1) is 5.92 Å². The summed E-state index contributed by atoms with van der Waals surface area (Å²) < 4.78 is 5.30. The number of nitrogens with zero attached hydrogens (tertiary/aromatic N) is 2. The lowest BCUT2D eigenvalue weighted by molar-refractivity contribution is -0.119. The van der Waals surface area contributed by atoms with E-state index in [9.17, 15) is 4.79 Å². The smallest absolute Gasteiger partial charge is 0.243 e. The summed E-state index contributed by atoms with van der Waals surface area (Å²) in [4.78, 5) is 20.9. The molecular weight excluding hydrogens is 371 g/mol. The lowest BCUT2D eigenvalue weighted by Gasteiger charge is -2.26. The largest absolute Gasteiger partial charge is 0.381 e. The van der Waals surface area contributed by atoms with Gasteiger partial charge in [0.2, 0.25) is 5.91 Å². The Kier molecular flexibility index (Phi) is 8.58. The van der Waals surface area contributed by atoms with Gasteiger partial charge in [0.1, 0.15) is 5.69 Å². The van der Waals surface area contributed by atoms with Crippen LogP contribution in [0.3, 0.4) is 0 Å². The molecule has 6 nitrogen and oxygen atoms in total. The van der Waals surface area contributed by atoms with Crippen molar-refractivity contribution < 1.29 is 9.53 Å². The van der Waals surface area contributed by atoms with E-state index in [2.05, 4.69) is 15.3 Å². The van der Waals surface area contributed by atoms with Gasteiger partial charge in [0.05, 0.1) is 11.7 Å². The number of thiazole rings is 1. The Bertz CT molecular complexity index is 635. The zero-order chi connectivity index (χ0) is 15.4. The van der Waals surface area contributed by atoms with Gasteiger partial charge in [-0.25, -0.2) is 4.98 Å². The maximum atomic E-state index is 12.2. The lowest BCUT2D eigenvalue weighted by atomic mass is 9.92. The van der Waals surface area contributed by atoms with Crippen molar-refractivity contribution in [2.75, 3.05) is 18.5 Å². The summed E-state index contributed by atoms with van der Waals surface area (Å²) in [6.07, 6.45) is 3.37. The van der Waals surface area contributed by atoms with Gasteiger partial charge in [-0.15, -0.1) is 36.2 Å². The van der Waals surface area contributed by atoms with Crippen molar-refractivity contribution in [3.63, 3.8) is 0 Å². The summed E-state index contributed by atoms with van der Waals surface area (Å²) in [6.45, 7) is 1.35. The van der Waals surface area contributed by atoms with Crippen LogP contribution in [0.25, 0.3) is 11.4 Å². The van der Waals surface area contributed by atoms with Crippen molar-refractivity contribution in [2.45, 2.75) is 18.9 Å². The number of hydrogen-bond donors (Lipinski definition) is 2. The normalized spacial score (nSPS) is 15.7. The average Bonchev–Trinajstić information content (AvgIpc) is 3.04. The van der Waals surface area contributed by atoms with Gasteiger partial charge >= 0.3 is 0 Å². The first-order chi connectivity index (χ1) is 10.7. The summed E-state index contributed by atoms with van der Waals surface area (Å²) in [5.74, 6) is -0.0159. The van der Waals surface area contributed by atoms with Crippen LogP contribution in [0.4, 0.5) is 5.13 Å². The van der Waals surface area contributed by atoms with Crippen LogP contribution in [0.15, 0.2) is 29.8 Å². The summed E-state index contributed by atoms with van der Waals surface area (Å²) in [5.41, 5.74) is 7.59. The number of rotatable bonds is 4. The number of halogens is 2. The van der Waals surface area contributed by atoms with Crippen LogP contribution in [-0.2, 0) is 9.53 Å². The van der Waals surface area contributed by atoms with E-state index in [1.165, 1.54) is 11.3 Å². The second-order valence-corrected chi connectivity index (χ2v) is 6.08. The van der Waals surface area contributed by atoms with Crippen molar-refractivity contribution in [1.82, 2.24) is 9.97 Å². The number of carbonyl (C=O) groups excluding carboxylic acids is 1. The van der Waals surface area contributed by atoms with Crippen LogP contribution in [0.1, 0.15) is 12.8 Å². The Morgan fingerprint density at radius 3 is 2.71 bits per heavy atom. The van der Waals surface area contributed by atoms with Gasteiger partial charge in [-0.3, -0.25) is 9.78 Å². The van der Waals surface area contributed by atoms with Crippen LogP contribution in [-0.4, -0.2) is 35.1 Å². The summed E-state index contributed by atoms with van der Waals surface area (Å²) >= 11 is 1.37. The SMILES string of the molecule is Cl.Cl.NC(C(=O)Nc1nc(-c2ccccn2)cs1)C1CCOCC1. The summed E-state index contributed by atoms with van der Waals surface area (Å²) in [5, 5.41) is 5.23. The zero-order valence-corrected chi connectivity index (χ0v) is 15.3. The van der Waals surface area contributed by atoms with Crippen molar-refractivity contribution >= 4 is 47.2 Å². The van der Waals surface area contributed by atoms with Crippen LogP contribution in [0.5, 0.6) is 0 Å². The third-order valence-electron chi connectivity index (χ3n) is 3.74. The second kappa shape index (κ2) is 9.90. The number of anilines is 1. The molecule has 1 unspecified atom stereocenters. The van der Waals surface area contributed by atoms with Crippen molar-refractivity contribution in [3.8, 4) is 11.4 Å². The molecule has 0 bridgehead atoms. The fourth-order valence-corrected chi connectivity index (χ4v) is 3.15. The van der Waals surface area contributed by atoms with E-state index in [0.717, 1.165) is 24.2 Å². The molecule has 0 aliphatic carbocycles. The third-order valence-corrected chi connectivity index (χ3v) is 4.50. The summed E-state index contributed by atoms with van der Waals surface area (Å²) in [7, 11) is 0. The molecule has 3 rings (SSSR count). The van der Waals surface area contributed by atoms with Crippen LogP contribution < -0.4 is 11.1 Å². The van der Waals surface area contributed by atoms with Crippen molar-refractivity contribution in [2.24, 2.45) is 11.7 Å². The number of amides is 1. The Hall–Kier alpha value is -1.25. The van der Waals surface area contributed by atoms with Crippen molar-refractivity contribution in [3.05, 3.63) is 29.8 Å². The molecular formula is C15H20Cl2N4O2S. The van der Waals surface area contributed by atoms with Gasteiger partial charge in [0.25, 0.3) is 0 Å². The van der Waals surface area contributed by atoms with Gasteiger partial charge in [0.15, 0.2) is 5.13 Å². The number of pyridine rings is 1. The van der Waals surface area contributed by atoms with Gasteiger partial charge in [0, 0.05) is 24.8 Å². The highest BCUT2D eigenvalue weighted by molar-refractivity contribution is 7.14. The summed E-state index contributed by atoms with van der Waals surface area (Å²) in [6, 6.07) is 5.12. The van der Waals surface area contributed by atoms with Gasteiger partial charge < -0.3 is 15.8 Å². The molecule has 9 heteroatoms. The minimum absolute atomic E-state index is 0. The molecule has 3 N–H and O–H groups in total. The zero-order valence-electron chi connectivity index (χ0n) is 12.9. The molecule has 24 heavy (non-hydrogen) atoms. The first kappa shape index (κ1) is 20.8. The molecule has 3 heterocycles. The predicted octanol–water partition coefficient (Wildman–Crippen LogP) is 2.74. The number of hydrogen-bond acceptors (Lipinski definition) is 6. The minimum atomic E-state index is -0.522. The fourth-order valence-electron chi connectivity index (χ4n) is 2.44. The minimum Gasteiger partial charge on any atom is -0.381 e. The third kappa shape index (κ3) is 5.12. The lowest BCUT2D eigenvalue weighted by Crippen LogP contribution is -2.43. The van der Waals surface area contributed by atoms with E-state index < -0.39 is 6.04 Å². The topological polar surface area (TPSA) is 90.1 Å². The molecule has 2 aromatic rings. The Labute approximate surface area is 157 Å². The number of nitrogens with one attached hydrogen (secondary N) is 1. The van der Waals surface area contributed by atoms with E-state index in [0.29, 0.717) is 18.3 Å². The molecule has 0 spiro atoms. The van der Waals surface area contributed by atoms with Crippen molar-refractivity contribution in [1.29, 1.82) is 0 Å². The molecule has 2 aromatic heterocycles. The Morgan fingerprint density at radius 1 is 1.29 bits per heavy atom. The molecule has 1 aliphatic heterocycles. The van der Waals surface area contributed by atoms with Crippen LogP contribution in [0.2, 0.25) is 0 Å². The molecule has 0 radical (unpaired) electrons. The maximum Gasteiger partial charge on any atom is 0.243 e. The molecule has 1 fully saturated rings. The monoisotopic (exact) mass is 390 g/mol. The van der Waals surface area contributed by atoms with E-state index >= 15 is 0 Å². The standard InChI is InChI=1S/C15H18N4O2S.2ClH/c16-13(10-4-7-21-8-5-10)14(20)19-15-18-12(9-22-15)11-3-1-2-6-17-11;;/h1-3,6,9-10,13H,4-5,7-8,16H2,(H,18,19,20);2*1H. The maximum absolute atomic E-state index is 12.2.